The minimum atomic E-state index is -0.451. The van der Waals surface area contributed by atoms with Gasteiger partial charge in [-0.15, -0.1) is 24.8 Å². The average molecular weight is 346 g/mol. The van der Waals surface area contributed by atoms with E-state index in [1.54, 1.807) is 41.6 Å². The molecule has 0 aliphatic carbocycles. The molecule has 0 saturated carbocycles. The Hall–Kier alpha value is -1.67. The van der Waals surface area contributed by atoms with Gasteiger partial charge in [-0.3, -0.25) is 9.36 Å². The van der Waals surface area contributed by atoms with Gasteiger partial charge < -0.3 is 15.7 Å². The Morgan fingerprint density at radius 3 is 2.77 bits per heavy atom. The number of rotatable bonds is 3. The van der Waals surface area contributed by atoms with Gasteiger partial charge in [0, 0.05) is 18.9 Å². The van der Waals surface area contributed by atoms with E-state index in [-0.39, 0.29) is 36.8 Å². The SMILES string of the molecule is Cl.Cl.O=C(Nc1ccc(-n2ccnc2)nc1)C1CC(O)CN1. The van der Waals surface area contributed by atoms with Crippen LogP contribution in [0.5, 0.6) is 0 Å². The highest BCUT2D eigenvalue weighted by molar-refractivity contribution is 5.95. The number of carbonyl (C=O) groups excluding carboxylic acids is 1. The number of halogens is 2. The maximum absolute atomic E-state index is 11.9. The Kier molecular flexibility index (Phi) is 6.76. The van der Waals surface area contributed by atoms with Crippen LogP contribution in [0.3, 0.4) is 0 Å². The number of anilines is 1. The van der Waals surface area contributed by atoms with Crippen molar-refractivity contribution in [1.29, 1.82) is 0 Å². The summed E-state index contributed by atoms with van der Waals surface area (Å²) >= 11 is 0. The molecule has 1 amide bonds. The maximum atomic E-state index is 11.9. The van der Waals surface area contributed by atoms with Gasteiger partial charge in [0.15, 0.2) is 0 Å². The van der Waals surface area contributed by atoms with Gasteiger partial charge in [0.2, 0.25) is 5.91 Å². The van der Waals surface area contributed by atoms with Crippen LogP contribution < -0.4 is 10.6 Å². The van der Waals surface area contributed by atoms with Crippen LogP contribution in [0, 0.1) is 0 Å². The fourth-order valence-electron chi connectivity index (χ4n) is 2.15. The Morgan fingerprint density at radius 1 is 1.41 bits per heavy atom. The predicted molar refractivity (Wildman–Crippen MR) is 86.9 cm³/mol. The Labute approximate surface area is 140 Å². The molecule has 3 rings (SSSR count). The normalized spacial score (nSPS) is 19.9. The zero-order valence-electron chi connectivity index (χ0n) is 11.5. The first kappa shape index (κ1) is 18.4. The number of nitrogens with one attached hydrogen (secondary N) is 2. The lowest BCUT2D eigenvalue weighted by Gasteiger charge is -2.11. The van der Waals surface area contributed by atoms with Crippen molar-refractivity contribution >= 4 is 36.4 Å². The molecule has 3 heterocycles. The molecule has 2 unspecified atom stereocenters. The third-order valence-corrected chi connectivity index (χ3v) is 3.21. The number of aliphatic hydroxyl groups excluding tert-OH is 1. The van der Waals surface area contributed by atoms with E-state index in [4.69, 9.17) is 0 Å². The topological polar surface area (TPSA) is 92.1 Å². The molecular weight excluding hydrogens is 329 g/mol. The summed E-state index contributed by atoms with van der Waals surface area (Å²) in [5.41, 5.74) is 0.627. The molecule has 120 valence electrons. The van der Waals surface area contributed by atoms with Crippen molar-refractivity contribution < 1.29 is 9.90 Å². The predicted octanol–water partition coefficient (Wildman–Crippen LogP) is 0.772. The molecule has 2 atom stereocenters. The van der Waals surface area contributed by atoms with Gasteiger partial charge in [0.05, 0.1) is 24.0 Å². The van der Waals surface area contributed by atoms with Crippen LogP contribution in [0.15, 0.2) is 37.1 Å². The lowest BCUT2D eigenvalue weighted by Crippen LogP contribution is -2.35. The number of carbonyl (C=O) groups is 1. The standard InChI is InChI=1S/C13H15N5O2.2ClH/c19-10-5-11(15-7-10)13(20)17-9-1-2-12(16-6-9)18-4-3-14-8-18;;/h1-4,6,8,10-11,15,19H,5,7H2,(H,17,20);2*1H. The molecule has 0 radical (unpaired) electrons. The molecule has 1 fully saturated rings. The molecule has 1 saturated heterocycles. The van der Waals surface area contributed by atoms with Crippen molar-refractivity contribution in [3.63, 3.8) is 0 Å². The fourth-order valence-corrected chi connectivity index (χ4v) is 2.15. The minimum absolute atomic E-state index is 0. The summed E-state index contributed by atoms with van der Waals surface area (Å²) in [6, 6.07) is 3.23. The van der Waals surface area contributed by atoms with Crippen LogP contribution in [0.4, 0.5) is 5.69 Å². The Morgan fingerprint density at radius 2 is 2.23 bits per heavy atom. The smallest absolute Gasteiger partial charge is 0.241 e. The molecule has 0 bridgehead atoms. The summed E-state index contributed by atoms with van der Waals surface area (Å²) in [6.45, 7) is 0.454. The van der Waals surface area contributed by atoms with Crippen molar-refractivity contribution in [2.24, 2.45) is 0 Å². The van der Waals surface area contributed by atoms with E-state index in [2.05, 4.69) is 20.6 Å². The number of nitrogens with zero attached hydrogens (tertiary/aromatic N) is 3. The highest BCUT2D eigenvalue weighted by Crippen LogP contribution is 2.12. The maximum Gasteiger partial charge on any atom is 0.241 e. The summed E-state index contributed by atoms with van der Waals surface area (Å²) in [5.74, 6) is 0.577. The average Bonchev–Trinajstić information content (AvgIpc) is 3.10. The summed E-state index contributed by atoms with van der Waals surface area (Å²) in [5, 5.41) is 15.1. The molecular formula is C13H17Cl2N5O2. The van der Waals surface area contributed by atoms with Crippen molar-refractivity contribution in [3.8, 4) is 5.82 Å². The van der Waals surface area contributed by atoms with Crippen LogP contribution in [0.1, 0.15) is 6.42 Å². The molecule has 3 N–H and O–H groups in total. The minimum Gasteiger partial charge on any atom is -0.392 e. The van der Waals surface area contributed by atoms with Crippen molar-refractivity contribution in [2.75, 3.05) is 11.9 Å². The van der Waals surface area contributed by atoms with Gasteiger partial charge in [-0.05, 0) is 18.6 Å². The number of aromatic nitrogens is 3. The molecule has 22 heavy (non-hydrogen) atoms. The van der Waals surface area contributed by atoms with Crippen LogP contribution in [-0.2, 0) is 4.79 Å². The second-order valence-corrected chi connectivity index (χ2v) is 4.71. The largest absolute Gasteiger partial charge is 0.392 e. The van der Waals surface area contributed by atoms with E-state index in [0.717, 1.165) is 5.82 Å². The molecule has 0 aromatic carbocycles. The summed E-state index contributed by atoms with van der Waals surface area (Å²) < 4.78 is 1.78. The van der Waals surface area contributed by atoms with E-state index >= 15 is 0 Å². The number of pyridine rings is 1. The first-order valence-corrected chi connectivity index (χ1v) is 6.39. The number of hydrogen-bond donors (Lipinski definition) is 3. The first-order chi connectivity index (χ1) is 9.72. The van der Waals surface area contributed by atoms with Gasteiger partial charge in [-0.2, -0.15) is 0 Å². The van der Waals surface area contributed by atoms with Gasteiger partial charge in [0.1, 0.15) is 12.1 Å². The van der Waals surface area contributed by atoms with Gasteiger partial charge in [-0.25, -0.2) is 9.97 Å². The van der Waals surface area contributed by atoms with Crippen LogP contribution >= 0.6 is 24.8 Å². The monoisotopic (exact) mass is 345 g/mol. The van der Waals surface area contributed by atoms with Gasteiger partial charge in [0.25, 0.3) is 0 Å². The van der Waals surface area contributed by atoms with Crippen molar-refractivity contribution in [3.05, 3.63) is 37.1 Å². The van der Waals surface area contributed by atoms with Crippen LogP contribution in [0.25, 0.3) is 5.82 Å². The first-order valence-electron chi connectivity index (χ1n) is 6.39. The van der Waals surface area contributed by atoms with E-state index < -0.39 is 6.10 Å². The highest BCUT2D eigenvalue weighted by atomic mass is 35.5. The Bertz CT molecular complexity index is 591. The van der Waals surface area contributed by atoms with E-state index in [9.17, 15) is 9.90 Å². The number of imidazole rings is 1. The zero-order chi connectivity index (χ0) is 13.9. The molecule has 9 heteroatoms. The number of amides is 1. The van der Waals surface area contributed by atoms with Crippen LogP contribution in [-0.4, -0.2) is 44.2 Å². The summed E-state index contributed by atoms with van der Waals surface area (Å²) in [6.07, 6.45) is 6.71. The molecule has 7 nitrogen and oxygen atoms in total. The lowest BCUT2D eigenvalue weighted by molar-refractivity contribution is -0.117. The molecule has 0 spiro atoms. The van der Waals surface area contributed by atoms with Gasteiger partial charge in [-0.1, -0.05) is 0 Å². The second kappa shape index (κ2) is 8.09. The molecule has 1 aliphatic rings. The van der Waals surface area contributed by atoms with Crippen molar-refractivity contribution in [2.45, 2.75) is 18.6 Å². The molecule has 1 aliphatic heterocycles. The zero-order valence-corrected chi connectivity index (χ0v) is 13.2. The quantitative estimate of drug-likeness (QED) is 0.764. The van der Waals surface area contributed by atoms with Crippen molar-refractivity contribution in [1.82, 2.24) is 19.9 Å². The third kappa shape index (κ3) is 4.17. The lowest BCUT2D eigenvalue weighted by atomic mass is 10.2. The number of aliphatic hydroxyl groups is 1. The van der Waals surface area contributed by atoms with E-state index in [0.29, 0.717) is 18.7 Å². The highest BCUT2D eigenvalue weighted by Gasteiger charge is 2.27. The number of hydrogen-bond acceptors (Lipinski definition) is 5. The van der Waals surface area contributed by atoms with Gasteiger partial charge >= 0.3 is 0 Å². The summed E-state index contributed by atoms with van der Waals surface area (Å²) in [7, 11) is 0. The van der Waals surface area contributed by atoms with E-state index in [1.807, 2.05) is 0 Å². The summed E-state index contributed by atoms with van der Waals surface area (Å²) in [4.78, 5) is 20.2. The number of β-amino-alcohol motifs (C(OH)–C–C–N with tert-alkyl or cyclic N) is 1. The Balaban J connectivity index is 0.00000121. The second-order valence-electron chi connectivity index (χ2n) is 4.71. The van der Waals surface area contributed by atoms with Crippen LogP contribution in [0.2, 0.25) is 0 Å². The molecule has 2 aromatic rings. The third-order valence-electron chi connectivity index (χ3n) is 3.21. The molecule has 2 aromatic heterocycles. The van der Waals surface area contributed by atoms with E-state index in [1.165, 1.54) is 0 Å². The fraction of sp³-hybridized carbons (Fsp3) is 0.308.